The Kier molecular flexibility index (Phi) is 16.8. The zero-order chi connectivity index (χ0) is 67.5. The van der Waals surface area contributed by atoms with Crippen LogP contribution < -0.4 is 48.9 Å². The molecule has 0 amide bonds. The topological polar surface area (TPSA) is 43.0 Å². The van der Waals surface area contributed by atoms with Crippen LogP contribution in [-0.4, -0.2) is 0 Å². The second kappa shape index (κ2) is 27.3. The van der Waals surface area contributed by atoms with E-state index in [0.29, 0.717) is 5.30 Å². The van der Waals surface area contributed by atoms with Crippen LogP contribution in [0.3, 0.4) is 0 Å². The maximum Gasteiger partial charge on any atom is 0.301 e. The molecule has 484 valence electrons. The van der Waals surface area contributed by atoms with Crippen LogP contribution >= 0.6 is 15.7 Å². The molecule has 0 unspecified atom stereocenters. The van der Waals surface area contributed by atoms with Crippen molar-refractivity contribution >= 4 is 140 Å². The highest BCUT2D eigenvalue weighted by molar-refractivity contribution is 7.76. The van der Waals surface area contributed by atoms with Crippen molar-refractivity contribution in [3.8, 4) is 0 Å². The second-order valence-electron chi connectivity index (χ2n) is 24.7. The summed E-state index contributed by atoms with van der Waals surface area (Å²) < 4.78 is 27.3. The molecule has 2 aliphatic heterocycles. The summed E-state index contributed by atoms with van der Waals surface area (Å²) in [7, 11) is -5.41. The summed E-state index contributed by atoms with van der Waals surface area (Å²) in [5, 5.41) is 1.75. The van der Waals surface area contributed by atoms with Crippen molar-refractivity contribution in [3.05, 3.63) is 413 Å². The van der Waals surface area contributed by atoms with Gasteiger partial charge >= 0.3 is 7.44 Å². The first-order valence-electron chi connectivity index (χ1n) is 33.9. The fourth-order valence-electron chi connectivity index (χ4n) is 14.0. The van der Waals surface area contributed by atoms with Gasteiger partial charge in [-0.05, 0) is 231 Å². The molecule has 0 atom stereocenters. The van der Waals surface area contributed by atoms with Crippen LogP contribution in [0.1, 0.15) is 0 Å². The van der Waals surface area contributed by atoms with Crippen LogP contribution in [0.5, 0.6) is 0 Å². The van der Waals surface area contributed by atoms with Crippen LogP contribution in [0.2, 0.25) is 0 Å². The van der Waals surface area contributed by atoms with E-state index >= 15 is 4.57 Å². The summed E-state index contributed by atoms with van der Waals surface area (Å²) in [6, 6.07) is 145. The molecule has 2 heterocycles. The normalized spacial score (nSPS) is 13.0. The molecule has 0 saturated carbocycles. The quantitative estimate of drug-likeness (QED) is 0.0782. The predicted octanol–water partition coefficient (Wildman–Crippen LogP) is 25.3. The first-order valence-corrected chi connectivity index (χ1v) is 36.8. The number of rotatable bonds is 18. The summed E-state index contributed by atoms with van der Waals surface area (Å²) in [5.74, 6) is 0. The molecule has 2 aliphatic rings. The summed E-state index contributed by atoms with van der Waals surface area (Å²) >= 11 is 0. The van der Waals surface area contributed by atoms with Gasteiger partial charge in [0.25, 0.3) is 0 Å². The Labute approximate surface area is 591 Å². The first-order chi connectivity index (χ1) is 50.0. The smallest absolute Gasteiger partial charge is 0.301 e. The molecule has 0 fully saturated rings. The molecule has 9 nitrogen and oxygen atoms in total. The van der Waals surface area contributed by atoms with E-state index in [4.69, 9.17) is 0 Å². The highest BCUT2D eigenvalue weighted by Crippen LogP contribution is 2.71. The summed E-state index contributed by atoms with van der Waals surface area (Å²) in [6.07, 6.45) is 0. The van der Waals surface area contributed by atoms with Gasteiger partial charge in [-0.3, -0.25) is 23.2 Å². The second-order valence-corrected chi connectivity index (χ2v) is 29.0. The summed E-state index contributed by atoms with van der Waals surface area (Å²) in [4.78, 5) is 9.12. The van der Waals surface area contributed by atoms with Gasteiger partial charge in [0.05, 0.1) is 28.1 Å². The molecular weight excluding hydrogens is 1270 g/mol. The van der Waals surface area contributed by atoms with Gasteiger partial charge in [-0.25, -0.2) is 0 Å². The molecule has 0 aromatic heterocycles. The van der Waals surface area contributed by atoms with E-state index in [2.05, 4.69) is 427 Å². The van der Waals surface area contributed by atoms with Gasteiger partial charge in [-0.2, -0.15) is 0 Å². The van der Waals surface area contributed by atoms with E-state index in [1.54, 1.807) is 0 Å². The minimum Gasteiger partial charge on any atom is -0.311 e. The summed E-state index contributed by atoms with van der Waals surface area (Å²) in [6.45, 7) is 0. The van der Waals surface area contributed by atoms with E-state index in [1.807, 2.05) is 24.3 Å². The van der Waals surface area contributed by atoms with Crippen molar-refractivity contribution in [2.75, 3.05) is 38.3 Å². The number of anilines is 20. The highest BCUT2D eigenvalue weighted by atomic mass is 31.2. The number of hydrogen-bond donors (Lipinski definition) is 0. The lowest BCUT2D eigenvalue weighted by Crippen LogP contribution is -2.28. The Morgan fingerprint density at radius 2 is 0.396 bits per heavy atom. The predicted molar refractivity (Wildman–Crippen MR) is 426 cm³/mol. The molecule has 11 heteroatoms. The average Bonchev–Trinajstić information content (AvgIpc) is 1.56. The number of nitrogens with zero attached hydrogens (tertiary/aromatic N) is 8. The average molecular weight is 1340 g/mol. The maximum atomic E-state index is 18.0. The molecule has 101 heavy (non-hydrogen) atoms. The SMILES string of the molecule is O=P1(c2ccc(P3N(c4ccc(N(c5ccccc5)c5ccccc5)cc4)c4ccccc4N3c3ccc(N(c4ccccc4)c4ccccc4)cc3)cc2)N(c2ccc(N(c3ccccc3)c3ccccc3)cc2)c2ccccc2N1c1ccc(N(c2ccccc2)c2ccccc2)cc1. The molecular formula is C90H68N8OP2. The number of para-hydroxylation sites is 12. The zero-order valence-corrected chi connectivity index (χ0v) is 56.9. The van der Waals surface area contributed by atoms with Crippen molar-refractivity contribution in [1.29, 1.82) is 0 Å². The molecule has 0 spiro atoms. The van der Waals surface area contributed by atoms with Crippen molar-refractivity contribution < 1.29 is 4.57 Å². The lowest BCUT2D eigenvalue weighted by Gasteiger charge is -2.35. The number of fused-ring (bicyclic) bond motifs is 2. The van der Waals surface area contributed by atoms with Crippen LogP contribution in [0.15, 0.2) is 413 Å². The molecule has 0 aliphatic carbocycles. The summed E-state index contributed by atoms with van der Waals surface area (Å²) in [5.41, 5.74) is 19.9. The Bertz CT molecular complexity index is 4860. The van der Waals surface area contributed by atoms with E-state index in [1.165, 1.54) is 0 Å². The largest absolute Gasteiger partial charge is 0.311 e. The molecule has 15 aromatic carbocycles. The maximum absolute atomic E-state index is 18.0. The van der Waals surface area contributed by atoms with Gasteiger partial charge in [0.15, 0.2) is 0 Å². The number of benzene rings is 15. The van der Waals surface area contributed by atoms with E-state index in [9.17, 15) is 0 Å². The van der Waals surface area contributed by atoms with Gasteiger partial charge < -0.3 is 19.6 Å². The van der Waals surface area contributed by atoms with Gasteiger partial charge in [-0.1, -0.05) is 182 Å². The minimum atomic E-state index is -3.96. The lowest BCUT2D eigenvalue weighted by molar-refractivity contribution is 0.582. The Balaban J connectivity index is 0.815. The lowest BCUT2D eigenvalue weighted by atomic mass is 10.1. The van der Waals surface area contributed by atoms with Crippen LogP contribution in [0.25, 0.3) is 0 Å². The number of hydrogen-bond acceptors (Lipinski definition) is 7. The third-order valence-electron chi connectivity index (χ3n) is 18.5. The molecule has 0 saturated heterocycles. The third-order valence-corrected chi connectivity index (χ3v) is 23.9. The zero-order valence-electron chi connectivity index (χ0n) is 55.1. The molecule has 15 aromatic rings. The van der Waals surface area contributed by atoms with Crippen molar-refractivity contribution in [3.63, 3.8) is 0 Å². The van der Waals surface area contributed by atoms with E-state index in [0.717, 1.165) is 119 Å². The monoisotopic (exact) mass is 1340 g/mol. The van der Waals surface area contributed by atoms with Crippen LogP contribution in [-0.2, 0) is 4.57 Å². The molecule has 0 radical (unpaired) electrons. The fourth-order valence-corrected chi connectivity index (χ4v) is 19.5. The van der Waals surface area contributed by atoms with E-state index in [-0.39, 0.29) is 0 Å². The van der Waals surface area contributed by atoms with Gasteiger partial charge in [0, 0.05) is 96.3 Å². The van der Waals surface area contributed by atoms with Crippen molar-refractivity contribution in [1.82, 2.24) is 0 Å². The Hall–Kier alpha value is -12.6. The molecule has 0 N–H and O–H groups in total. The van der Waals surface area contributed by atoms with Gasteiger partial charge in [0.1, 0.15) is 8.22 Å². The highest BCUT2D eigenvalue weighted by Gasteiger charge is 2.50. The van der Waals surface area contributed by atoms with Gasteiger partial charge in [-0.15, -0.1) is 0 Å². The first kappa shape index (κ1) is 61.9. The fraction of sp³-hybridized carbons (Fsp3) is 0. The molecule has 0 bridgehead atoms. The standard InChI is InChI=1S/C90H68N8OP2/c99-101(97(83-61-53-79(54-62-83)93(73-37-17-5-18-38-73)74-39-19-6-20-40-74)89-47-27-28-48-90(89)98(101)84-63-55-80(56-64-84)94(75-41-21-7-22-42-75)76-43-23-8-24-44-76)86-67-65-85(66-68-86)100-95(81-57-49-77(50-58-81)91(69-29-9-1-10-30-69)70-31-11-2-12-32-70)87-45-25-26-46-88(87)96(100)82-59-51-78(52-60-82)92(71-33-13-3-14-34-71)72-35-15-4-16-36-72/h1-68H. The van der Waals surface area contributed by atoms with Crippen molar-refractivity contribution in [2.24, 2.45) is 0 Å². The van der Waals surface area contributed by atoms with E-state index < -0.39 is 15.7 Å². The minimum absolute atomic E-state index is 0.679. The van der Waals surface area contributed by atoms with Crippen LogP contribution in [0, 0.1) is 0 Å². The molecule has 17 rings (SSSR count). The van der Waals surface area contributed by atoms with Crippen molar-refractivity contribution in [2.45, 2.75) is 0 Å². The third kappa shape index (κ3) is 11.7. The van der Waals surface area contributed by atoms with Gasteiger partial charge in [0.2, 0.25) is 0 Å². The Morgan fingerprint density at radius 3 is 0.634 bits per heavy atom. The Morgan fingerprint density at radius 1 is 0.198 bits per heavy atom. The van der Waals surface area contributed by atoms with Crippen LogP contribution in [0.4, 0.5) is 114 Å².